The number of carbonyl (C=O) groups is 2. The van der Waals surface area contributed by atoms with Crippen LogP contribution in [0.4, 0.5) is 0 Å². The lowest BCUT2D eigenvalue weighted by Crippen LogP contribution is -2.41. The van der Waals surface area contributed by atoms with E-state index in [1.807, 2.05) is 38.1 Å². The van der Waals surface area contributed by atoms with Gasteiger partial charge in [0.1, 0.15) is 0 Å². The number of hydrogen-bond acceptors (Lipinski definition) is 3. The second kappa shape index (κ2) is 7.86. The van der Waals surface area contributed by atoms with Crippen LogP contribution in [-0.2, 0) is 0 Å². The minimum atomic E-state index is -0.414. The second-order valence-electron chi connectivity index (χ2n) is 6.39. The van der Waals surface area contributed by atoms with Crippen LogP contribution in [0.3, 0.4) is 0 Å². The normalized spacial score (nSPS) is 11.7. The molecule has 0 aliphatic heterocycles. The molecule has 2 aromatic heterocycles. The van der Waals surface area contributed by atoms with Crippen molar-refractivity contribution in [3.8, 4) is 0 Å². The third-order valence-electron chi connectivity index (χ3n) is 4.61. The highest BCUT2D eigenvalue weighted by Gasteiger charge is 2.20. The third kappa shape index (κ3) is 3.89. The first-order valence-corrected chi connectivity index (χ1v) is 8.73. The monoisotopic (exact) mass is 362 g/mol. The van der Waals surface area contributed by atoms with Crippen LogP contribution in [0.25, 0.3) is 0 Å². The standard InChI is InChI=1S/C21H22N4O2/c1-14-12-19(16(3)25(14)15(2)17-8-5-4-6-9-17)21(27)24-23-20(26)18-10-7-11-22-13-18/h4-13,15H,1-3H3,(H,23,26)(H,24,27)/t15-/m0/s1. The number of nitrogens with one attached hydrogen (secondary N) is 2. The summed E-state index contributed by atoms with van der Waals surface area (Å²) in [4.78, 5) is 28.5. The third-order valence-corrected chi connectivity index (χ3v) is 4.61. The fourth-order valence-corrected chi connectivity index (χ4v) is 3.23. The number of carbonyl (C=O) groups excluding carboxylic acids is 2. The highest BCUT2D eigenvalue weighted by Crippen LogP contribution is 2.25. The lowest BCUT2D eigenvalue weighted by Gasteiger charge is -2.19. The molecule has 3 rings (SSSR count). The van der Waals surface area contributed by atoms with Crippen LogP contribution in [0.5, 0.6) is 0 Å². The average molecular weight is 362 g/mol. The van der Waals surface area contributed by atoms with Gasteiger partial charge >= 0.3 is 0 Å². The number of hydrazine groups is 1. The number of pyridine rings is 1. The minimum absolute atomic E-state index is 0.0951. The molecule has 27 heavy (non-hydrogen) atoms. The zero-order valence-electron chi connectivity index (χ0n) is 15.6. The quantitative estimate of drug-likeness (QED) is 0.700. The Kier molecular flexibility index (Phi) is 5.35. The first-order chi connectivity index (χ1) is 13.0. The first-order valence-electron chi connectivity index (χ1n) is 8.73. The molecular formula is C21H22N4O2. The molecule has 0 radical (unpaired) electrons. The Bertz CT molecular complexity index is 949. The molecule has 1 aromatic carbocycles. The number of nitrogens with zero attached hydrogens (tertiary/aromatic N) is 2. The summed E-state index contributed by atoms with van der Waals surface area (Å²) in [5.41, 5.74) is 8.80. The molecule has 0 bridgehead atoms. The molecule has 0 saturated heterocycles. The molecule has 0 fully saturated rings. The van der Waals surface area contributed by atoms with Crippen LogP contribution in [-0.4, -0.2) is 21.4 Å². The van der Waals surface area contributed by atoms with Gasteiger partial charge in [-0.3, -0.25) is 25.4 Å². The van der Waals surface area contributed by atoms with Gasteiger partial charge in [-0.1, -0.05) is 30.3 Å². The van der Waals surface area contributed by atoms with E-state index in [0.717, 1.165) is 17.0 Å². The van der Waals surface area contributed by atoms with E-state index in [9.17, 15) is 9.59 Å². The van der Waals surface area contributed by atoms with Gasteiger partial charge in [0.15, 0.2) is 0 Å². The summed E-state index contributed by atoms with van der Waals surface area (Å²) in [6.07, 6.45) is 3.02. The molecule has 0 unspecified atom stereocenters. The van der Waals surface area contributed by atoms with Crippen molar-refractivity contribution in [2.75, 3.05) is 0 Å². The molecule has 1 atom stereocenters. The summed E-state index contributed by atoms with van der Waals surface area (Å²) in [6.45, 7) is 5.98. The predicted octanol–water partition coefficient (Wildman–Crippen LogP) is 3.18. The van der Waals surface area contributed by atoms with E-state index < -0.39 is 5.91 Å². The minimum Gasteiger partial charge on any atom is -0.341 e. The summed E-state index contributed by atoms with van der Waals surface area (Å²) in [7, 11) is 0. The predicted molar refractivity (Wildman–Crippen MR) is 103 cm³/mol. The maximum atomic E-state index is 12.6. The van der Waals surface area contributed by atoms with Gasteiger partial charge in [-0.2, -0.15) is 0 Å². The molecule has 2 N–H and O–H groups in total. The van der Waals surface area contributed by atoms with Gasteiger partial charge in [-0.15, -0.1) is 0 Å². The summed E-state index contributed by atoms with van der Waals surface area (Å²) < 4.78 is 2.12. The van der Waals surface area contributed by atoms with Crippen LogP contribution in [0.2, 0.25) is 0 Å². The van der Waals surface area contributed by atoms with Crippen molar-refractivity contribution >= 4 is 11.8 Å². The highest BCUT2D eigenvalue weighted by molar-refractivity contribution is 5.99. The highest BCUT2D eigenvalue weighted by atomic mass is 16.2. The lowest BCUT2D eigenvalue weighted by molar-refractivity contribution is 0.0846. The molecule has 0 saturated carbocycles. The maximum absolute atomic E-state index is 12.6. The van der Waals surface area contributed by atoms with E-state index in [1.165, 1.54) is 6.20 Å². The van der Waals surface area contributed by atoms with Gasteiger partial charge in [0, 0.05) is 23.8 Å². The molecule has 0 aliphatic rings. The Morgan fingerprint density at radius 1 is 1.00 bits per heavy atom. The van der Waals surface area contributed by atoms with Crippen LogP contribution in [0.15, 0.2) is 60.9 Å². The number of amides is 2. The van der Waals surface area contributed by atoms with Gasteiger partial charge in [0.25, 0.3) is 11.8 Å². The summed E-state index contributed by atoms with van der Waals surface area (Å²) in [5.74, 6) is -0.769. The van der Waals surface area contributed by atoms with E-state index in [1.54, 1.807) is 18.3 Å². The fraction of sp³-hybridized carbons (Fsp3) is 0.190. The van der Waals surface area contributed by atoms with Crippen molar-refractivity contribution in [3.63, 3.8) is 0 Å². The zero-order valence-corrected chi connectivity index (χ0v) is 15.6. The maximum Gasteiger partial charge on any atom is 0.271 e. The van der Waals surface area contributed by atoms with Crippen molar-refractivity contribution in [1.82, 2.24) is 20.4 Å². The summed E-state index contributed by atoms with van der Waals surface area (Å²) in [6, 6.07) is 15.3. The molecule has 2 amide bonds. The van der Waals surface area contributed by atoms with Crippen molar-refractivity contribution in [3.05, 3.63) is 89.0 Å². The Balaban J connectivity index is 1.75. The van der Waals surface area contributed by atoms with Crippen molar-refractivity contribution in [1.29, 1.82) is 0 Å². The Morgan fingerprint density at radius 3 is 2.37 bits per heavy atom. The largest absolute Gasteiger partial charge is 0.341 e. The number of rotatable bonds is 4. The molecule has 6 nitrogen and oxygen atoms in total. The van der Waals surface area contributed by atoms with Crippen LogP contribution in [0.1, 0.15) is 50.6 Å². The number of hydrogen-bond donors (Lipinski definition) is 2. The summed E-state index contributed by atoms with van der Waals surface area (Å²) >= 11 is 0. The first kappa shape index (κ1) is 18.4. The van der Waals surface area contributed by atoms with Gasteiger partial charge in [0.05, 0.1) is 17.2 Å². The van der Waals surface area contributed by atoms with Gasteiger partial charge < -0.3 is 4.57 Å². The smallest absolute Gasteiger partial charge is 0.271 e. The van der Waals surface area contributed by atoms with Gasteiger partial charge in [-0.25, -0.2) is 0 Å². The Morgan fingerprint density at radius 2 is 1.70 bits per heavy atom. The molecule has 2 heterocycles. The zero-order chi connectivity index (χ0) is 19.4. The second-order valence-corrected chi connectivity index (χ2v) is 6.39. The molecule has 6 heteroatoms. The SMILES string of the molecule is Cc1cc(C(=O)NNC(=O)c2cccnc2)c(C)n1[C@@H](C)c1ccccc1. The Labute approximate surface area is 158 Å². The Hall–Kier alpha value is -3.41. The van der Waals surface area contributed by atoms with Gasteiger partial charge in [0.2, 0.25) is 0 Å². The topological polar surface area (TPSA) is 76.0 Å². The molecule has 3 aromatic rings. The number of aryl methyl sites for hydroxylation is 1. The molecule has 0 spiro atoms. The average Bonchev–Trinajstić information content (AvgIpc) is 3.00. The lowest BCUT2D eigenvalue weighted by atomic mass is 10.1. The number of benzene rings is 1. The van der Waals surface area contributed by atoms with Crippen LogP contribution >= 0.6 is 0 Å². The van der Waals surface area contributed by atoms with E-state index in [-0.39, 0.29) is 11.9 Å². The fourth-order valence-electron chi connectivity index (χ4n) is 3.23. The van der Waals surface area contributed by atoms with Crippen molar-refractivity contribution in [2.24, 2.45) is 0 Å². The van der Waals surface area contributed by atoms with Crippen molar-refractivity contribution in [2.45, 2.75) is 26.8 Å². The van der Waals surface area contributed by atoms with Gasteiger partial charge in [-0.05, 0) is 44.5 Å². The van der Waals surface area contributed by atoms with Crippen LogP contribution < -0.4 is 10.9 Å². The van der Waals surface area contributed by atoms with E-state index in [0.29, 0.717) is 11.1 Å². The van der Waals surface area contributed by atoms with E-state index in [2.05, 4.69) is 39.5 Å². The summed E-state index contributed by atoms with van der Waals surface area (Å²) in [5, 5.41) is 0. The molecule has 138 valence electrons. The van der Waals surface area contributed by atoms with E-state index in [4.69, 9.17) is 0 Å². The number of aromatic nitrogens is 2. The van der Waals surface area contributed by atoms with Crippen molar-refractivity contribution < 1.29 is 9.59 Å². The van der Waals surface area contributed by atoms with E-state index >= 15 is 0 Å². The van der Waals surface area contributed by atoms with Crippen LogP contribution in [0, 0.1) is 13.8 Å². The molecule has 0 aliphatic carbocycles. The molecular weight excluding hydrogens is 340 g/mol.